The summed E-state index contributed by atoms with van der Waals surface area (Å²) in [7, 11) is 1.84. The van der Waals surface area contributed by atoms with Crippen LogP contribution < -0.4 is 10.6 Å². The van der Waals surface area contributed by atoms with Crippen molar-refractivity contribution >= 4 is 5.96 Å². The van der Waals surface area contributed by atoms with Gasteiger partial charge in [-0.15, -0.1) is 0 Å². The number of nitrogens with zero attached hydrogens (tertiary/aromatic N) is 1. The van der Waals surface area contributed by atoms with Gasteiger partial charge >= 0.3 is 0 Å². The van der Waals surface area contributed by atoms with Crippen molar-refractivity contribution in [3.8, 4) is 0 Å². The molecular formula is C19H37N3O3. The average molecular weight is 356 g/mol. The molecule has 2 N–H and O–H groups in total. The van der Waals surface area contributed by atoms with Crippen molar-refractivity contribution < 1.29 is 14.2 Å². The molecule has 2 rings (SSSR count). The highest BCUT2D eigenvalue weighted by Crippen LogP contribution is 2.40. The van der Waals surface area contributed by atoms with Crippen LogP contribution in [0.5, 0.6) is 0 Å². The number of guanidine groups is 1. The number of aliphatic imine (C=N–C) groups is 1. The molecule has 1 unspecified atom stereocenters. The van der Waals surface area contributed by atoms with Crippen molar-refractivity contribution in [3.63, 3.8) is 0 Å². The lowest BCUT2D eigenvalue weighted by atomic mass is 9.83. The number of ether oxygens (including phenoxy) is 3. The van der Waals surface area contributed by atoms with Gasteiger partial charge in [-0.3, -0.25) is 4.99 Å². The van der Waals surface area contributed by atoms with Gasteiger partial charge in [-0.25, -0.2) is 0 Å². The summed E-state index contributed by atoms with van der Waals surface area (Å²) in [5.74, 6) is 0.895. The van der Waals surface area contributed by atoms with E-state index in [4.69, 9.17) is 14.2 Å². The van der Waals surface area contributed by atoms with E-state index in [0.29, 0.717) is 11.5 Å². The Labute approximate surface area is 153 Å². The van der Waals surface area contributed by atoms with E-state index in [2.05, 4.69) is 22.5 Å². The minimum Gasteiger partial charge on any atom is -0.382 e. The van der Waals surface area contributed by atoms with E-state index in [-0.39, 0.29) is 0 Å². The van der Waals surface area contributed by atoms with Crippen LogP contribution in [0.25, 0.3) is 0 Å². The van der Waals surface area contributed by atoms with Crippen molar-refractivity contribution in [2.75, 3.05) is 53.2 Å². The van der Waals surface area contributed by atoms with Crippen LogP contribution in [0.3, 0.4) is 0 Å². The molecule has 0 aromatic rings. The molecule has 1 saturated carbocycles. The van der Waals surface area contributed by atoms with Crippen LogP contribution in [0.1, 0.15) is 51.9 Å². The fourth-order valence-electron chi connectivity index (χ4n) is 3.74. The Balaban J connectivity index is 1.61. The van der Waals surface area contributed by atoms with Gasteiger partial charge < -0.3 is 24.8 Å². The highest BCUT2D eigenvalue weighted by Gasteiger charge is 2.33. The Morgan fingerprint density at radius 1 is 1.24 bits per heavy atom. The monoisotopic (exact) mass is 355 g/mol. The lowest BCUT2D eigenvalue weighted by molar-refractivity contribution is 0.0419. The standard InChI is InChI=1S/C19H37N3O3/c1-3-23-14-10-19(8-4-5-9-19)16-22-18(20-2)21-11-6-12-25-17-7-13-24-15-17/h17H,3-16H2,1-2H3,(H2,20,21,22). The highest BCUT2D eigenvalue weighted by atomic mass is 16.5. The van der Waals surface area contributed by atoms with Gasteiger partial charge in [0.25, 0.3) is 0 Å². The van der Waals surface area contributed by atoms with Crippen LogP contribution in [0, 0.1) is 5.41 Å². The number of hydrogen-bond donors (Lipinski definition) is 2. The SMILES string of the molecule is CCOCCC1(CNC(=NC)NCCCOC2CCOC2)CCCC1. The van der Waals surface area contributed by atoms with E-state index in [0.717, 1.165) is 71.3 Å². The van der Waals surface area contributed by atoms with Crippen molar-refractivity contribution in [2.24, 2.45) is 10.4 Å². The van der Waals surface area contributed by atoms with Crippen LogP contribution >= 0.6 is 0 Å². The first-order valence-corrected chi connectivity index (χ1v) is 9.99. The lowest BCUT2D eigenvalue weighted by Gasteiger charge is -2.30. The highest BCUT2D eigenvalue weighted by molar-refractivity contribution is 5.79. The molecule has 0 aromatic carbocycles. The molecule has 2 fully saturated rings. The number of nitrogens with one attached hydrogen (secondary N) is 2. The van der Waals surface area contributed by atoms with Gasteiger partial charge in [-0.05, 0) is 44.4 Å². The molecule has 1 heterocycles. The summed E-state index contributed by atoms with van der Waals surface area (Å²) >= 11 is 0. The normalized spacial score (nSPS) is 23.1. The molecule has 1 atom stereocenters. The second kappa shape index (κ2) is 11.7. The maximum atomic E-state index is 5.79. The molecule has 0 radical (unpaired) electrons. The zero-order chi connectivity index (χ0) is 17.8. The van der Waals surface area contributed by atoms with Gasteiger partial charge in [0, 0.05) is 46.6 Å². The van der Waals surface area contributed by atoms with Gasteiger partial charge in [0.05, 0.1) is 12.7 Å². The van der Waals surface area contributed by atoms with Gasteiger partial charge in [-0.1, -0.05) is 12.8 Å². The molecule has 0 aromatic heterocycles. The molecule has 1 saturated heterocycles. The third-order valence-corrected chi connectivity index (χ3v) is 5.35. The minimum atomic E-state index is 0.296. The first-order valence-electron chi connectivity index (χ1n) is 9.99. The largest absolute Gasteiger partial charge is 0.382 e. The van der Waals surface area contributed by atoms with Crippen molar-refractivity contribution in [1.82, 2.24) is 10.6 Å². The smallest absolute Gasteiger partial charge is 0.190 e. The third kappa shape index (κ3) is 7.50. The van der Waals surface area contributed by atoms with E-state index < -0.39 is 0 Å². The van der Waals surface area contributed by atoms with Gasteiger partial charge in [0.1, 0.15) is 0 Å². The van der Waals surface area contributed by atoms with Gasteiger partial charge in [-0.2, -0.15) is 0 Å². The Morgan fingerprint density at radius 2 is 2.08 bits per heavy atom. The Morgan fingerprint density at radius 3 is 2.76 bits per heavy atom. The summed E-state index contributed by atoms with van der Waals surface area (Å²) in [6.45, 7) is 7.96. The van der Waals surface area contributed by atoms with E-state index >= 15 is 0 Å². The quantitative estimate of drug-likeness (QED) is 0.338. The molecule has 6 heteroatoms. The van der Waals surface area contributed by atoms with Crippen LogP contribution in [-0.4, -0.2) is 65.2 Å². The Kier molecular flexibility index (Phi) is 9.58. The Hall–Kier alpha value is -0.850. The molecule has 1 aliphatic heterocycles. The fraction of sp³-hybridized carbons (Fsp3) is 0.947. The first-order chi connectivity index (χ1) is 12.3. The van der Waals surface area contributed by atoms with E-state index in [1.54, 1.807) is 0 Å². The second-order valence-corrected chi connectivity index (χ2v) is 7.22. The molecule has 0 spiro atoms. The zero-order valence-corrected chi connectivity index (χ0v) is 16.1. The predicted octanol–water partition coefficient (Wildman–Crippen LogP) is 2.33. The van der Waals surface area contributed by atoms with Crippen molar-refractivity contribution in [1.29, 1.82) is 0 Å². The van der Waals surface area contributed by atoms with E-state index in [1.807, 2.05) is 7.05 Å². The second-order valence-electron chi connectivity index (χ2n) is 7.22. The summed E-state index contributed by atoms with van der Waals surface area (Å²) in [6.07, 6.45) is 8.70. The van der Waals surface area contributed by atoms with Gasteiger partial charge in [0.2, 0.25) is 0 Å². The van der Waals surface area contributed by atoms with Crippen LogP contribution in [0.15, 0.2) is 4.99 Å². The van der Waals surface area contributed by atoms with Crippen molar-refractivity contribution in [2.45, 2.75) is 58.0 Å². The summed E-state index contributed by atoms with van der Waals surface area (Å²) in [6, 6.07) is 0. The predicted molar refractivity (Wildman–Crippen MR) is 101 cm³/mol. The number of rotatable bonds is 11. The zero-order valence-electron chi connectivity index (χ0n) is 16.1. The number of hydrogen-bond acceptors (Lipinski definition) is 4. The topological polar surface area (TPSA) is 64.1 Å². The molecular weight excluding hydrogens is 318 g/mol. The van der Waals surface area contributed by atoms with Crippen LogP contribution in [0.2, 0.25) is 0 Å². The maximum absolute atomic E-state index is 5.79. The summed E-state index contributed by atoms with van der Waals surface area (Å²) in [5, 5.41) is 6.93. The fourth-order valence-corrected chi connectivity index (χ4v) is 3.74. The molecule has 146 valence electrons. The van der Waals surface area contributed by atoms with Crippen molar-refractivity contribution in [3.05, 3.63) is 0 Å². The van der Waals surface area contributed by atoms with Crippen LogP contribution in [-0.2, 0) is 14.2 Å². The summed E-state index contributed by atoms with van der Waals surface area (Å²) in [4.78, 5) is 4.35. The van der Waals surface area contributed by atoms with Gasteiger partial charge in [0.15, 0.2) is 5.96 Å². The molecule has 6 nitrogen and oxygen atoms in total. The molecule has 1 aliphatic carbocycles. The van der Waals surface area contributed by atoms with E-state index in [1.165, 1.54) is 25.7 Å². The maximum Gasteiger partial charge on any atom is 0.190 e. The molecule has 25 heavy (non-hydrogen) atoms. The Bertz CT molecular complexity index is 378. The molecule has 0 amide bonds. The summed E-state index contributed by atoms with van der Waals surface area (Å²) in [5.41, 5.74) is 0.373. The van der Waals surface area contributed by atoms with Crippen LogP contribution in [0.4, 0.5) is 0 Å². The van der Waals surface area contributed by atoms with E-state index in [9.17, 15) is 0 Å². The summed E-state index contributed by atoms with van der Waals surface area (Å²) < 4.78 is 16.7. The first kappa shape index (κ1) is 20.5. The molecule has 0 bridgehead atoms. The third-order valence-electron chi connectivity index (χ3n) is 5.35. The minimum absolute atomic E-state index is 0.296. The average Bonchev–Trinajstić information content (AvgIpc) is 3.30. The molecule has 2 aliphatic rings. The lowest BCUT2D eigenvalue weighted by Crippen LogP contribution is -2.43.